The summed E-state index contributed by atoms with van der Waals surface area (Å²) in [5.41, 5.74) is -1.15. The van der Waals surface area contributed by atoms with Gasteiger partial charge in [0.15, 0.2) is 0 Å². The third-order valence-electron chi connectivity index (χ3n) is 8.44. The van der Waals surface area contributed by atoms with E-state index in [9.17, 15) is 9.59 Å². The first kappa shape index (κ1) is 15.7. The fourth-order valence-electron chi connectivity index (χ4n) is 6.36. The van der Waals surface area contributed by atoms with Crippen LogP contribution in [-0.2, 0) is 19.0 Å². The fourth-order valence-corrected chi connectivity index (χ4v) is 6.36. The summed E-state index contributed by atoms with van der Waals surface area (Å²) in [6, 6.07) is 0. The summed E-state index contributed by atoms with van der Waals surface area (Å²) in [5.74, 6) is 0.956. The molecule has 1 saturated heterocycles. The van der Waals surface area contributed by atoms with Crippen LogP contribution in [0.2, 0.25) is 0 Å². The van der Waals surface area contributed by atoms with Crippen molar-refractivity contribution in [1.82, 2.24) is 0 Å². The van der Waals surface area contributed by atoms with Crippen LogP contribution in [0.25, 0.3) is 0 Å². The monoisotopic (exact) mass is 346 g/mol. The summed E-state index contributed by atoms with van der Waals surface area (Å²) < 4.78 is 17.0. The molecule has 4 aliphatic carbocycles. The minimum atomic E-state index is -1.18. The lowest BCUT2D eigenvalue weighted by Gasteiger charge is -2.36. The van der Waals surface area contributed by atoms with E-state index < -0.39 is 22.8 Å². The average Bonchev–Trinajstić information content (AvgIpc) is 3.27. The molecule has 5 heteroatoms. The molecule has 3 saturated carbocycles. The molecular formula is C20H26O5. The molecule has 0 N–H and O–H groups in total. The lowest BCUT2D eigenvalue weighted by Crippen LogP contribution is -2.45. The number of esters is 1. The van der Waals surface area contributed by atoms with Crippen LogP contribution in [0.5, 0.6) is 0 Å². The number of ether oxygens (including phenoxy) is 3. The largest absolute Gasteiger partial charge is 0.511 e. The third kappa shape index (κ3) is 1.75. The van der Waals surface area contributed by atoms with E-state index in [0.717, 1.165) is 18.8 Å². The zero-order valence-electron chi connectivity index (χ0n) is 15.1. The molecule has 0 aromatic heterocycles. The molecule has 0 radical (unpaired) electrons. The molecule has 0 spiro atoms. The van der Waals surface area contributed by atoms with Crippen LogP contribution in [0.1, 0.15) is 52.9 Å². The molecule has 25 heavy (non-hydrogen) atoms. The van der Waals surface area contributed by atoms with E-state index in [1.807, 2.05) is 20.8 Å². The zero-order chi connectivity index (χ0) is 17.6. The Labute approximate surface area is 148 Å². The molecule has 7 atom stereocenters. The quantitative estimate of drug-likeness (QED) is 0.562. The zero-order valence-corrected chi connectivity index (χ0v) is 15.1. The van der Waals surface area contributed by atoms with E-state index in [4.69, 9.17) is 14.2 Å². The van der Waals surface area contributed by atoms with Gasteiger partial charge in [-0.3, -0.25) is 4.79 Å². The van der Waals surface area contributed by atoms with E-state index in [-0.39, 0.29) is 12.1 Å². The predicted octanol–water partition coefficient (Wildman–Crippen LogP) is 3.82. The van der Waals surface area contributed by atoms with Gasteiger partial charge in [0, 0.05) is 12.3 Å². The lowest BCUT2D eigenvalue weighted by molar-refractivity contribution is -0.226. The lowest BCUT2D eigenvalue weighted by atomic mass is 9.69. The average molecular weight is 346 g/mol. The van der Waals surface area contributed by atoms with Crippen LogP contribution >= 0.6 is 0 Å². The van der Waals surface area contributed by atoms with Crippen molar-refractivity contribution in [3.8, 4) is 0 Å². The molecule has 5 aliphatic rings. The van der Waals surface area contributed by atoms with Gasteiger partial charge in [-0.15, -0.1) is 0 Å². The van der Waals surface area contributed by atoms with Crippen molar-refractivity contribution in [3.05, 3.63) is 12.2 Å². The summed E-state index contributed by atoms with van der Waals surface area (Å²) in [4.78, 5) is 24.8. The van der Waals surface area contributed by atoms with E-state index in [1.54, 1.807) is 0 Å². The summed E-state index contributed by atoms with van der Waals surface area (Å²) in [5, 5.41) is 0. The second-order valence-corrected chi connectivity index (χ2v) is 9.41. The highest BCUT2D eigenvalue weighted by molar-refractivity contribution is 5.82. The van der Waals surface area contributed by atoms with Crippen molar-refractivity contribution < 1.29 is 23.8 Å². The maximum Gasteiger partial charge on any atom is 0.511 e. The maximum absolute atomic E-state index is 12.6. The first-order chi connectivity index (χ1) is 11.8. The van der Waals surface area contributed by atoms with E-state index in [1.165, 1.54) is 6.42 Å². The van der Waals surface area contributed by atoms with Crippen LogP contribution in [0, 0.1) is 34.5 Å². The van der Waals surface area contributed by atoms with Crippen LogP contribution in [0.4, 0.5) is 4.79 Å². The number of hydrogen-bond donors (Lipinski definition) is 0. The van der Waals surface area contributed by atoms with Crippen molar-refractivity contribution in [3.63, 3.8) is 0 Å². The highest BCUT2D eigenvalue weighted by Gasteiger charge is 2.75. The van der Waals surface area contributed by atoms with E-state index >= 15 is 0 Å². The van der Waals surface area contributed by atoms with Gasteiger partial charge >= 0.3 is 12.1 Å². The van der Waals surface area contributed by atoms with Gasteiger partial charge in [-0.1, -0.05) is 26.0 Å². The molecule has 136 valence electrons. The minimum Gasteiger partial charge on any atom is -0.431 e. The smallest absolute Gasteiger partial charge is 0.431 e. The molecule has 5 rings (SSSR count). The third-order valence-corrected chi connectivity index (χ3v) is 8.44. The molecule has 0 amide bonds. The Kier molecular flexibility index (Phi) is 2.89. The van der Waals surface area contributed by atoms with Crippen molar-refractivity contribution in [1.29, 1.82) is 0 Å². The number of hydrogen-bond acceptors (Lipinski definition) is 5. The van der Waals surface area contributed by atoms with Crippen LogP contribution in [-0.4, -0.2) is 24.0 Å². The molecule has 1 unspecified atom stereocenters. The van der Waals surface area contributed by atoms with Crippen LogP contribution in [0.3, 0.4) is 0 Å². The Morgan fingerprint density at radius 3 is 2.68 bits per heavy atom. The van der Waals surface area contributed by atoms with Crippen molar-refractivity contribution in [2.75, 3.05) is 0 Å². The highest BCUT2D eigenvalue weighted by Crippen LogP contribution is 2.66. The summed E-state index contributed by atoms with van der Waals surface area (Å²) >= 11 is 0. The number of allylic oxidation sites excluding steroid dienone is 2. The van der Waals surface area contributed by atoms with Gasteiger partial charge in [0.1, 0.15) is 6.10 Å². The number of fused-ring (bicyclic) bond motifs is 7. The number of rotatable bonds is 2. The van der Waals surface area contributed by atoms with Gasteiger partial charge in [-0.25, -0.2) is 4.79 Å². The van der Waals surface area contributed by atoms with Crippen LogP contribution in [0.15, 0.2) is 12.2 Å². The van der Waals surface area contributed by atoms with Crippen molar-refractivity contribution >= 4 is 12.1 Å². The van der Waals surface area contributed by atoms with Gasteiger partial charge in [0.25, 0.3) is 5.79 Å². The summed E-state index contributed by atoms with van der Waals surface area (Å²) in [6.07, 6.45) is 8.32. The molecule has 1 heterocycles. The Balaban J connectivity index is 1.29. The molecule has 4 bridgehead atoms. The van der Waals surface area contributed by atoms with Gasteiger partial charge < -0.3 is 14.2 Å². The molecule has 4 fully saturated rings. The first-order valence-electron chi connectivity index (χ1n) is 9.57. The van der Waals surface area contributed by atoms with Gasteiger partial charge in [-0.05, 0) is 50.4 Å². The van der Waals surface area contributed by atoms with Crippen molar-refractivity contribution in [2.45, 2.75) is 64.8 Å². The number of carbonyl (C=O) groups excluding carboxylic acids is 2. The Morgan fingerprint density at radius 1 is 1.20 bits per heavy atom. The SMILES string of the molecule is CC1(C)[C@@]2(OC(=O)O[C@@H]3CC4C[C@H]3[C@H]3C=CC[C@@H]43)CC[C@@]1(C)C(=O)O2. The standard InChI is InChI=1S/C20H26O5/c1-18(2)19(3)7-8-20(18,24-16(19)21)25-17(22)23-15-10-11-9-14(15)13-6-4-5-12(11)13/h4,6,11-15H,5,7-10H2,1-3H3/t11?,12-,13-,14-,15+,19-,20-/m0/s1. The normalized spacial score (nSPS) is 50.8. The minimum absolute atomic E-state index is 0.0640. The molecule has 1 aliphatic heterocycles. The molecule has 0 aromatic rings. The molecule has 5 nitrogen and oxygen atoms in total. The highest BCUT2D eigenvalue weighted by atomic mass is 16.8. The second kappa shape index (κ2) is 4.60. The Hall–Kier alpha value is -1.52. The predicted molar refractivity (Wildman–Crippen MR) is 88.3 cm³/mol. The Bertz CT molecular complexity index is 682. The first-order valence-corrected chi connectivity index (χ1v) is 9.57. The summed E-state index contributed by atoms with van der Waals surface area (Å²) in [7, 11) is 0. The van der Waals surface area contributed by atoms with Gasteiger partial charge in [0.2, 0.25) is 0 Å². The van der Waals surface area contributed by atoms with Gasteiger partial charge in [-0.2, -0.15) is 0 Å². The second-order valence-electron chi connectivity index (χ2n) is 9.41. The fraction of sp³-hybridized carbons (Fsp3) is 0.800. The summed E-state index contributed by atoms with van der Waals surface area (Å²) in [6.45, 7) is 5.80. The van der Waals surface area contributed by atoms with Crippen molar-refractivity contribution in [2.24, 2.45) is 34.5 Å². The van der Waals surface area contributed by atoms with E-state index in [2.05, 4.69) is 12.2 Å². The Morgan fingerprint density at radius 2 is 2.00 bits per heavy atom. The van der Waals surface area contributed by atoms with E-state index in [0.29, 0.717) is 30.6 Å². The number of carbonyl (C=O) groups is 2. The van der Waals surface area contributed by atoms with Crippen LogP contribution < -0.4 is 0 Å². The molecule has 0 aromatic carbocycles. The topological polar surface area (TPSA) is 61.8 Å². The molecular weight excluding hydrogens is 320 g/mol. The maximum atomic E-state index is 12.6. The van der Waals surface area contributed by atoms with Gasteiger partial charge in [0.05, 0.1) is 10.8 Å².